The van der Waals surface area contributed by atoms with Gasteiger partial charge in [0.05, 0.1) is 11.4 Å². The van der Waals surface area contributed by atoms with Crippen molar-refractivity contribution >= 4 is 0 Å². The Morgan fingerprint density at radius 3 is 2.65 bits per heavy atom. The summed E-state index contributed by atoms with van der Waals surface area (Å²) in [6.07, 6.45) is 7.76. The second-order valence-electron chi connectivity index (χ2n) is 9.01. The average molecular weight is 316 g/mol. The number of rotatable bonds is 6. The van der Waals surface area contributed by atoms with Gasteiger partial charge in [-0.25, -0.2) is 4.98 Å². The van der Waals surface area contributed by atoms with Crippen LogP contribution in [0.1, 0.15) is 82.9 Å². The number of nitrogens with zero attached hydrogens (tertiary/aromatic N) is 1. The number of hydrogen-bond acceptors (Lipinski definition) is 2. The van der Waals surface area contributed by atoms with Gasteiger partial charge in [-0.15, -0.1) is 0 Å². The third-order valence-electron chi connectivity index (χ3n) is 7.23. The van der Waals surface area contributed by atoms with E-state index in [1.165, 1.54) is 49.3 Å². The zero-order chi connectivity index (χ0) is 16.2. The molecule has 4 fully saturated rings. The first-order chi connectivity index (χ1) is 11.0. The number of fused-ring (bicyclic) bond motifs is 2. The van der Waals surface area contributed by atoms with Crippen molar-refractivity contribution in [2.24, 2.45) is 23.2 Å². The lowest BCUT2D eigenvalue weighted by Crippen LogP contribution is -2.59. The van der Waals surface area contributed by atoms with Crippen molar-refractivity contribution in [1.29, 1.82) is 0 Å². The Labute approximate surface area is 141 Å². The fourth-order valence-electron chi connectivity index (χ4n) is 5.26. The SMILES string of the molecule is CCCc1nc(C2CC2)[nH]c1CN[C@@H]1C[C@@H]2C[C@H]([C@H]1C)C2(C)C. The molecule has 4 aliphatic carbocycles. The van der Waals surface area contributed by atoms with Crippen molar-refractivity contribution in [3.05, 3.63) is 17.2 Å². The molecular formula is C20H33N3. The van der Waals surface area contributed by atoms with Gasteiger partial charge in [-0.05, 0) is 55.3 Å². The van der Waals surface area contributed by atoms with Gasteiger partial charge in [0.15, 0.2) is 0 Å². The summed E-state index contributed by atoms with van der Waals surface area (Å²) in [5, 5.41) is 3.89. The molecule has 128 valence electrons. The lowest BCUT2D eigenvalue weighted by molar-refractivity contribution is -0.115. The number of nitrogens with one attached hydrogen (secondary N) is 2. The second kappa shape index (κ2) is 5.61. The van der Waals surface area contributed by atoms with Crippen molar-refractivity contribution in [2.75, 3.05) is 0 Å². The predicted octanol–water partition coefficient (Wildman–Crippen LogP) is 4.40. The average Bonchev–Trinajstić information content (AvgIpc) is 3.29. The molecule has 1 heterocycles. The monoisotopic (exact) mass is 315 g/mol. The summed E-state index contributed by atoms with van der Waals surface area (Å²) >= 11 is 0. The number of imidazole rings is 1. The molecule has 1 aromatic heterocycles. The van der Waals surface area contributed by atoms with Gasteiger partial charge in [-0.2, -0.15) is 0 Å². The van der Waals surface area contributed by atoms with Crippen molar-refractivity contribution in [2.45, 2.75) is 84.7 Å². The fraction of sp³-hybridized carbons (Fsp3) is 0.850. The molecule has 4 saturated carbocycles. The molecule has 0 radical (unpaired) electrons. The van der Waals surface area contributed by atoms with Crippen LogP contribution in [0.25, 0.3) is 0 Å². The van der Waals surface area contributed by atoms with Gasteiger partial charge < -0.3 is 10.3 Å². The lowest BCUT2D eigenvalue weighted by Gasteiger charge is -2.62. The minimum Gasteiger partial charge on any atom is -0.344 e. The third-order valence-corrected chi connectivity index (χ3v) is 7.23. The number of aromatic nitrogens is 2. The first-order valence-electron chi connectivity index (χ1n) is 9.81. The van der Waals surface area contributed by atoms with E-state index in [4.69, 9.17) is 4.98 Å². The highest BCUT2D eigenvalue weighted by Gasteiger charge is 2.55. The van der Waals surface area contributed by atoms with Crippen LogP contribution in [0, 0.1) is 23.2 Å². The van der Waals surface area contributed by atoms with E-state index < -0.39 is 0 Å². The van der Waals surface area contributed by atoms with E-state index in [0.29, 0.717) is 11.5 Å². The third kappa shape index (κ3) is 2.65. The number of H-pyrrole nitrogens is 1. The normalized spacial score (nSPS) is 35.1. The van der Waals surface area contributed by atoms with Crippen molar-refractivity contribution < 1.29 is 0 Å². The maximum atomic E-state index is 4.90. The van der Waals surface area contributed by atoms with Crippen LogP contribution in [0.5, 0.6) is 0 Å². The topological polar surface area (TPSA) is 40.7 Å². The Kier molecular flexibility index (Phi) is 3.83. The van der Waals surface area contributed by atoms with E-state index in [1.807, 2.05) is 0 Å². The number of hydrogen-bond donors (Lipinski definition) is 2. The van der Waals surface area contributed by atoms with Crippen LogP contribution in [0.2, 0.25) is 0 Å². The largest absolute Gasteiger partial charge is 0.344 e. The van der Waals surface area contributed by atoms with E-state index >= 15 is 0 Å². The van der Waals surface area contributed by atoms with Crippen molar-refractivity contribution in [3.63, 3.8) is 0 Å². The summed E-state index contributed by atoms with van der Waals surface area (Å²) in [5.74, 6) is 4.63. The van der Waals surface area contributed by atoms with Crippen LogP contribution >= 0.6 is 0 Å². The summed E-state index contributed by atoms with van der Waals surface area (Å²) < 4.78 is 0. The van der Waals surface area contributed by atoms with E-state index in [0.717, 1.165) is 36.6 Å². The number of aromatic amines is 1. The Balaban J connectivity index is 1.41. The molecule has 1 aromatic rings. The maximum absolute atomic E-state index is 4.90. The standard InChI is InChI=1S/C20H33N3/c1-5-6-16-18(23-19(22-16)13-7-8-13)11-21-17-10-14-9-15(12(17)2)20(14,3)4/h12-15,17,21H,5-11H2,1-4H3,(H,22,23)/t12-,14+,15-,17-/m1/s1. The highest BCUT2D eigenvalue weighted by molar-refractivity contribution is 5.20. The van der Waals surface area contributed by atoms with E-state index in [1.54, 1.807) is 0 Å². The zero-order valence-corrected chi connectivity index (χ0v) is 15.3. The first kappa shape index (κ1) is 15.7. The molecule has 0 amide bonds. The van der Waals surface area contributed by atoms with Gasteiger partial charge in [-0.1, -0.05) is 34.1 Å². The molecule has 5 rings (SSSR count). The molecule has 3 heteroatoms. The molecule has 0 saturated heterocycles. The maximum Gasteiger partial charge on any atom is 0.109 e. The minimum absolute atomic E-state index is 0.581. The molecule has 0 aromatic carbocycles. The smallest absolute Gasteiger partial charge is 0.109 e. The predicted molar refractivity (Wildman–Crippen MR) is 94.3 cm³/mol. The van der Waals surface area contributed by atoms with Crippen LogP contribution in [-0.2, 0) is 13.0 Å². The molecule has 2 bridgehead atoms. The summed E-state index contributed by atoms with van der Waals surface area (Å²) in [4.78, 5) is 8.54. The van der Waals surface area contributed by atoms with Crippen LogP contribution in [-0.4, -0.2) is 16.0 Å². The second-order valence-corrected chi connectivity index (χ2v) is 9.01. The van der Waals surface area contributed by atoms with Crippen LogP contribution in [0.4, 0.5) is 0 Å². The van der Waals surface area contributed by atoms with Crippen LogP contribution in [0.3, 0.4) is 0 Å². The van der Waals surface area contributed by atoms with Crippen molar-refractivity contribution in [3.8, 4) is 0 Å². The summed E-state index contributed by atoms with van der Waals surface area (Å²) in [6.45, 7) is 10.7. The highest BCUT2D eigenvalue weighted by atomic mass is 15.0. The molecule has 3 nitrogen and oxygen atoms in total. The highest BCUT2D eigenvalue weighted by Crippen LogP contribution is 2.61. The molecule has 2 N–H and O–H groups in total. The molecule has 0 unspecified atom stereocenters. The lowest BCUT2D eigenvalue weighted by atomic mass is 9.45. The quantitative estimate of drug-likeness (QED) is 0.817. The van der Waals surface area contributed by atoms with Crippen LogP contribution < -0.4 is 5.32 Å². The van der Waals surface area contributed by atoms with E-state index in [2.05, 4.69) is 38.0 Å². The van der Waals surface area contributed by atoms with Gasteiger partial charge in [0.2, 0.25) is 0 Å². The Morgan fingerprint density at radius 1 is 1.26 bits per heavy atom. The van der Waals surface area contributed by atoms with Crippen LogP contribution in [0.15, 0.2) is 0 Å². The van der Waals surface area contributed by atoms with Gasteiger partial charge in [0, 0.05) is 18.5 Å². The van der Waals surface area contributed by atoms with Gasteiger partial charge in [0.1, 0.15) is 5.82 Å². The number of aryl methyl sites for hydroxylation is 1. The van der Waals surface area contributed by atoms with E-state index in [-0.39, 0.29) is 0 Å². The molecular weight excluding hydrogens is 282 g/mol. The van der Waals surface area contributed by atoms with Gasteiger partial charge in [0.25, 0.3) is 0 Å². The summed E-state index contributed by atoms with van der Waals surface area (Å²) in [6, 6.07) is 0.689. The fourth-order valence-corrected chi connectivity index (χ4v) is 5.26. The van der Waals surface area contributed by atoms with Crippen molar-refractivity contribution in [1.82, 2.24) is 15.3 Å². The molecule has 0 aliphatic heterocycles. The molecule has 4 aliphatic rings. The molecule has 4 atom stereocenters. The zero-order valence-electron chi connectivity index (χ0n) is 15.3. The Hall–Kier alpha value is -0.830. The summed E-state index contributed by atoms with van der Waals surface area (Å²) in [7, 11) is 0. The minimum atomic E-state index is 0.581. The van der Waals surface area contributed by atoms with Gasteiger partial charge >= 0.3 is 0 Å². The Morgan fingerprint density at radius 2 is 2.04 bits per heavy atom. The molecule has 23 heavy (non-hydrogen) atoms. The molecule has 0 spiro atoms. The Bertz CT molecular complexity index is 569. The van der Waals surface area contributed by atoms with Gasteiger partial charge in [-0.3, -0.25) is 0 Å². The summed E-state index contributed by atoms with van der Waals surface area (Å²) in [5.41, 5.74) is 3.26. The van der Waals surface area contributed by atoms with E-state index in [9.17, 15) is 0 Å². The first-order valence-corrected chi connectivity index (χ1v) is 9.81.